The molecule has 2 heterocycles. The zero-order valence-corrected chi connectivity index (χ0v) is 20.7. The van der Waals surface area contributed by atoms with E-state index in [1.165, 1.54) is 6.07 Å². The highest BCUT2D eigenvalue weighted by Gasteiger charge is 2.19. The van der Waals surface area contributed by atoms with E-state index in [2.05, 4.69) is 32.5 Å². The highest BCUT2D eigenvalue weighted by molar-refractivity contribution is 7.86. The Morgan fingerprint density at radius 3 is 2.53 bits per heavy atom. The van der Waals surface area contributed by atoms with Crippen LogP contribution in [0.5, 0.6) is 0 Å². The number of hydrogen-bond donors (Lipinski definition) is 2. The van der Waals surface area contributed by atoms with Gasteiger partial charge in [0.2, 0.25) is 5.95 Å². The molecule has 188 valence electrons. The lowest BCUT2D eigenvalue weighted by molar-refractivity contribution is 0.271. The first kappa shape index (κ1) is 25.3. The zero-order chi connectivity index (χ0) is 25.7. The van der Waals surface area contributed by atoms with Crippen molar-refractivity contribution >= 4 is 38.9 Å². The molecule has 0 saturated carbocycles. The largest absolute Gasteiger partial charge is 0.367 e. The maximum atomic E-state index is 14.8. The molecule has 1 saturated heterocycles. The second-order valence-corrected chi connectivity index (χ2v) is 10.0. The van der Waals surface area contributed by atoms with Crippen LogP contribution in [0.4, 0.5) is 33.2 Å². The smallest absolute Gasteiger partial charge is 0.265 e. The monoisotopic (exact) mass is 511 g/mol. The summed E-state index contributed by atoms with van der Waals surface area (Å²) in [6.45, 7) is 3.32. The number of halogens is 1. The van der Waals surface area contributed by atoms with Crippen molar-refractivity contribution in [1.82, 2.24) is 14.9 Å². The van der Waals surface area contributed by atoms with Gasteiger partial charge in [-0.1, -0.05) is 12.1 Å². The molecule has 0 amide bonds. The standard InChI is InChI=1S/C24H26FN7O3S/c1-31-10-12-32(13-11-31)21-7-6-19(15-20(21)25)29-24-27-9-8-23(30-24)28-18-5-3-4-17(14-18)22(16-26)35-36(2,33)34/h3-9,14-15,22H,10-13H2,1-2H3,(H2,27,28,29,30). The van der Waals surface area contributed by atoms with E-state index >= 15 is 0 Å². The van der Waals surface area contributed by atoms with Crippen molar-refractivity contribution in [1.29, 1.82) is 5.26 Å². The van der Waals surface area contributed by atoms with E-state index in [0.29, 0.717) is 28.4 Å². The van der Waals surface area contributed by atoms with Gasteiger partial charge in [-0.15, -0.1) is 0 Å². The number of piperazine rings is 1. The van der Waals surface area contributed by atoms with Gasteiger partial charge < -0.3 is 20.4 Å². The maximum absolute atomic E-state index is 14.8. The molecule has 1 aromatic heterocycles. The Morgan fingerprint density at radius 2 is 1.83 bits per heavy atom. The van der Waals surface area contributed by atoms with Gasteiger partial charge in [0.15, 0.2) is 6.10 Å². The molecule has 10 nitrogen and oxygen atoms in total. The predicted octanol–water partition coefficient (Wildman–Crippen LogP) is 3.40. The predicted molar refractivity (Wildman–Crippen MR) is 135 cm³/mol. The molecule has 1 atom stereocenters. The van der Waals surface area contributed by atoms with Gasteiger partial charge in [-0.25, -0.2) is 13.6 Å². The fourth-order valence-electron chi connectivity index (χ4n) is 3.76. The van der Waals surface area contributed by atoms with Gasteiger partial charge in [0.05, 0.1) is 11.9 Å². The van der Waals surface area contributed by atoms with Crippen LogP contribution in [0.3, 0.4) is 0 Å². The van der Waals surface area contributed by atoms with E-state index < -0.39 is 16.2 Å². The number of aromatic nitrogens is 2. The number of rotatable bonds is 8. The Morgan fingerprint density at radius 1 is 1.08 bits per heavy atom. The Hall–Kier alpha value is -3.79. The lowest BCUT2D eigenvalue weighted by atomic mass is 10.1. The minimum atomic E-state index is -3.81. The normalized spacial score (nSPS) is 15.2. The molecule has 0 radical (unpaired) electrons. The van der Waals surface area contributed by atoms with Gasteiger partial charge in [0.25, 0.3) is 10.1 Å². The summed E-state index contributed by atoms with van der Waals surface area (Å²) in [4.78, 5) is 12.8. The molecular weight excluding hydrogens is 485 g/mol. The molecule has 36 heavy (non-hydrogen) atoms. The minimum absolute atomic E-state index is 0.262. The lowest BCUT2D eigenvalue weighted by Crippen LogP contribution is -2.44. The molecule has 12 heteroatoms. The van der Waals surface area contributed by atoms with Gasteiger partial charge in [-0.05, 0) is 49.0 Å². The lowest BCUT2D eigenvalue weighted by Gasteiger charge is -2.34. The third-order valence-electron chi connectivity index (χ3n) is 5.55. The van der Waals surface area contributed by atoms with Crippen molar-refractivity contribution < 1.29 is 17.0 Å². The SMILES string of the molecule is CN1CCN(c2ccc(Nc3nccc(Nc4cccc(C(C#N)OS(C)(=O)=O)c4)n3)cc2F)CC1. The van der Waals surface area contributed by atoms with Crippen molar-refractivity contribution in [2.24, 2.45) is 0 Å². The second-order valence-electron chi connectivity index (χ2n) is 8.41. The number of anilines is 5. The van der Waals surface area contributed by atoms with Gasteiger partial charge in [-0.3, -0.25) is 0 Å². The summed E-state index contributed by atoms with van der Waals surface area (Å²) in [6, 6.07) is 15.0. The summed E-state index contributed by atoms with van der Waals surface area (Å²) < 4.78 is 42.5. The number of likely N-dealkylation sites (N-methyl/N-ethyl adjacent to an activating group) is 1. The van der Waals surface area contributed by atoms with E-state index in [9.17, 15) is 18.1 Å². The maximum Gasteiger partial charge on any atom is 0.265 e. The van der Waals surface area contributed by atoms with Crippen LogP contribution in [-0.4, -0.2) is 62.8 Å². The van der Waals surface area contributed by atoms with Crippen molar-refractivity contribution in [3.8, 4) is 6.07 Å². The number of hydrogen-bond acceptors (Lipinski definition) is 10. The first-order valence-electron chi connectivity index (χ1n) is 11.2. The fraction of sp³-hybridized carbons (Fsp3) is 0.292. The summed E-state index contributed by atoms with van der Waals surface area (Å²) >= 11 is 0. The molecule has 0 bridgehead atoms. The topological polar surface area (TPSA) is 123 Å². The molecule has 4 rings (SSSR count). The molecular formula is C24H26FN7O3S. The van der Waals surface area contributed by atoms with Gasteiger partial charge in [-0.2, -0.15) is 18.7 Å². The van der Waals surface area contributed by atoms with Crippen molar-refractivity contribution in [3.63, 3.8) is 0 Å². The molecule has 2 N–H and O–H groups in total. The van der Waals surface area contributed by atoms with Crippen LogP contribution >= 0.6 is 0 Å². The van der Waals surface area contributed by atoms with Gasteiger partial charge in [0.1, 0.15) is 17.7 Å². The Labute approximate surface area is 209 Å². The van der Waals surface area contributed by atoms with Gasteiger partial charge in [0, 0.05) is 43.8 Å². The third kappa shape index (κ3) is 6.66. The van der Waals surface area contributed by atoms with E-state index in [-0.39, 0.29) is 11.8 Å². The minimum Gasteiger partial charge on any atom is -0.367 e. The first-order chi connectivity index (χ1) is 17.2. The number of nitriles is 1. The van der Waals surface area contributed by atoms with E-state index in [4.69, 9.17) is 4.18 Å². The molecule has 1 fully saturated rings. The molecule has 1 aliphatic heterocycles. The van der Waals surface area contributed by atoms with Crippen LogP contribution in [0.1, 0.15) is 11.7 Å². The van der Waals surface area contributed by atoms with Crippen LogP contribution in [0, 0.1) is 17.1 Å². The average Bonchev–Trinajstić information content (AvgIpc) is 2.83. The molecule has 2 aromatic carbocycles. The van der Waals surface area contributed by atoms with Crippen molar-refractivity contribution in [2.75, 3.05) is 55.0 Å². The van der Waals surface area contributed by atoms with Crippen LogP contribution < -0.4 is 15.5 Å². The number of benzene rings is 2. The molecule has 0 aliphatic carbocycles. The third-order valence-corrected chi connectivity index (χ3v) is 6.10. The number of nitrogens with one attached hydrogen (secondary N) is 2. The quantitative estimate of drug-likeness (QED) is 0.435. The Bertz CT molecular complexity index is 1370. The van der Waals surface area contributed by atoms with Crippen molar-refractivity contribution in [3.05, 3.63) is 66.1 Å². The molecule has 0 spiro atoms. The molecule has 3 aromatic rings. The van der Waals surface area contributed by atoms with Gasteiger partial charge >= 0.3 is 0 Å². The van der Waals surface area contributed by atoms with Crippen LogP contribution in [0.25, 0.3) is 0 Å². The van der Waals surface area contributed by atoms with Crippen molar-refractivity contribution in [2.45, 2.75) is 6.10 Å². The zero-order valence-electron chi connectivity index (χ0n) is 19.8. The molecule has 1 unspecified atom stereocenters. The summed E-state index contributed by atoms with van der Waals surface area (Å²) in [7, 11) is -1.76. The first-order valence-corrected chi connectivity index (χ1v) is 13.0. The summed E-state index contributed by atoms with van der Waals surface area (Å²) in [5.74, 6) is 0.383. The Balaban J connectivity index is 1.45. The summed E-state index contributed by atoms with van der Waals surface area (Å²) in [6.07, 6.45) is 1.16. The van der Waals surface area contributed by atoms with E-state index in [1.54, 1.807) is 48.7 Å². The van der Waals surface area contributed by atoms with E-state index in [0.717, 1.165) is 32.4 Å². The van der Waals surface area contributed by atoms with E-state index in [1.807, 2.05) is 11.0 Å². The van der Waals surface area contributed by atoms with Crippen LogP contribution in [-0.2, 0) is 14.3 Å². The second kappa shape index (κ2) is 10.9. The highest BCUT2D eigenvalue weighted by atomic mass is 32.2. The number of nitrogens with zero attached hydrogens (tertiary/aromatic N) is 5. The average molecular weight is 512 g/mol. The fourth-order valence-corrected chi connectivity index (χ4v) is 4.26. The highest BCUT2D eigenvalue weighted by Crippen LogP contribution is 2.26. The summed E-state index contributed by atoms with van der Waals surface area (Å²) in [5.41, 5.74) is 2.02. The summed E-state index contributed by atoms with van der Waals surface area (Å²) in [5, 5.41) is 15.4. The Kier molecular flexibility index (Phi) is 7.64. The van der Waals surface area contributed by atoms with Crippen LogP contribution in [0.15, 0.2) is 54.7 Å². The van der Waals surface area contributed by atoms with Crippen LogP contribution in [0.2, 0.25) is 0 Å². The molecule has 1 aliphatic rings.